The lowest BCUT2D eigenvalue weighted by Gasteiger charge is -2.19. The average Bonchev–Trinajstić information content (AvgIpc) is 2.67. The first-order valence-electron chi connectivity index (χ1n) is 9.00. The summed E-state index contributed by atoms with van der Waals surface area (Å²) in [6.45, 7) is 2.89. The first-order valence-corrected chi connectivity index (χ1v) is 9.00. The van der Waals surface area contributed by atoms with Crippen molar-refractivity contribution in [3.05, 3.63) is 53.6 Å². The number of carbonyl (C=O) groups is 2. The molecular weight excluding hydrogens is 344 g/mol. The highest BCUT2D eigenvalue weighted by atomic mass is 16.5. The van der Waals surface area contributed by atoms with Crippen LogP contribution in [0.25, 0.3) is 0 Å². The van der Waals surface area contributed by atoms with Crippen LogP contribution >= 0.6 is 0 Å². The number of rotatable bonds is 7. The van der Waals surface area contributed by atoms with Crippen LogP contribution in [0.1, 0.15) is 17.5 Å². The normalized spacial score (nSPS) is 12.7. The maximum Gasteiger partial charge on any atom is 0.260 e. The summed E-state index contributed by atoms with van der Waals surface area (Å²) in [6.07, 6.45) is 1.15. The number of hydrogen-bond acceptors (Lipinski definition) is 4. The number of carbonyl (C=O) groups excluding carboxylic acids is 2. The predicted octanol–water partition coefficient (Wildman–Crippen LogP) is 2.80. The fourth-order valence-electron chi connectivity index (χ4n) is 2.76. The molecule has 2 aromatic rings. The van der Waals surface area contributed by atoms with Crippen molar-refractivity contribution in [2.75, 3.05) is 32.1 Å². The Kier molecular flexibility index (Phi) is 5.96. The SMILES string of the molecule is Cc1ccc(OCCN(C)C(=O)COc2ccc3c(c2)CCC(=O)N3)cc1. The highest BCUT2D eigenvalue weighted by Gasteiger charge is 2.16. The fourth-order valence-corrected chi connectivity index (χ4v) is 2.76. The molecule has 3 rings (SSSR count). The second-order valence-electron chi connectivity index (χ2n) is 6.63. The number of nitrogens with one attached hydrogen (secondary N) is 1. The number of ether oxygens (including phenoxy) is 2. The van der Waals surface area contributed by atoms with Crippen LogP contribution in [0.2, 0.25) is 0 Å². The molecule has 0 fully saturated rings. The Morgan fingerprint density at radius 3 is 2.59 bits per heavy atom. The van der Waals surface area contributed by atoms with Gasteiger partial charge in [0.25, 0.3) is 5.91 Å². The molecule has 0 aromatic heterocycles. The zero-order valence-electron chi connectivity index (χ0n) is 15.7. The smallest absolute Gasteiger partial charge is 0.260 e. The lowest BCUT2D eigenvalue weighted by atomic mass is 10.0. The van der Waals surface area contributed by atoms with Crippen molar-refractivity contribution in [3.8, 4) is 11.5 Å². The van der Waals surface area contributed by atoms with E-state index in [1.54, 1.807) is 18.0 Å². The zero-order chi connectivity index (χ0) is 19.2. The maximum absolute atomic E-state index is 12.2. The van der Waals surface area contributed by atoms with E-state index in [9.17, 15) is 9.59 Å². The maximum atomic E-state index is 12.2. The van der Waals surface area contributed by atoms with E-state index in [4.69, 9.17) is 9.47 Å². The molecule has 1 aliphatic heterocycles. The lowest BCUT2D eigenvalue weighted by molar-refractivity contribution is -0.132. The van der Waals surface area contributed by atoms with E-state index in [0.717, 1.165) is 17.0 Å². The largest absolute Gasteiger partial charge is 0.492 e. The van der Waals surface area contributed by atoms with E-state index < -0.39 is 0 Å². The Hall–Kier alpha value is -3.02. The van der Waals surface area contributed by atoms with Crippen LogP contribution in [0.3, 0.4) is 0 Å². The van der Waals surface area contributed by atoms with Crippen molar-refractivity contribution in [2.45, 2.75) is 19.8 Å². The molecule has 27 heavy (non-hydrogen) atoms. The van der Waals surface area contributed by atoms with Gasteiger partial charge in [-0.15, -0.1) is 0 Å². The number of aryl methyl sites for hydroxylation is 2. The molecule has 0 aliphatic carbocycles. The van der Waals surface area contributed by atoms with Crippen LogP contribution < -0.4 is 14.8 Å². The topological polar surface area (TPSA) is 67.9 Å². The third kappa shape index (κ3) is 5.23. The summed E-state index contributed by atoms with van der Waals surface area (Å²) in [5, 5.41) is 2.83. The number of anilines is 1. The fraction of sp³-hybridized carbons (Fsp3) is 0.333. The van der Waals surface area contributed by atoms with Crippen LogP contribution in [0.5, 0.6) is 11.5 Å². The number of amides is 2. The Morgan fingerprint density at radius 2 is 1.81 bits per heavy atom. The van der Waals surface area contributed by atoms with Gasteiger partial charge in [0.1, 0.15) is 18.1 Å². The molecule has 2 amide bonds. The minimum atomic E-state index is -0.117. The zero-order valence-corrected chi connectivity index (χ0v) is 15.7. The number of benzene rings is 2. The highest BCUT2D eigenvalue weighted by Crippen LogP contribution is 2.26. The van der Waals surface area contributed by atoms with E-state index in [1.807, 2.05) is 43.3 Å². The van der Waals surface area contributed by atoms with Gasteiger partial charge in [-0.05, 0) is 49.2 Å². The molecule has 0 saturated carbocycles. The second kappa shape index (κ2) is 8.58. The molecule has 0 unspecified atom stereocenters. The van der Waals surface area contributed by atoms with Gasteiger partial charge in [-0.2, -0.15) is 0 Å². The minimum absolute atomic E-state index is 0.0285. The summed E-state index contributed by atoms with van der Waals surface area (Å²) in [5.41, 5.74) is 3.02. The Morgan fingerprint density at radius 1 is 1.07 bits per heavy atom. The van der Waals surface area contributed by atoms with Gasteiger partial charge >= 0.3 is 0 Å². The summed E-state index contributed by atoms with van der Waals surface area (Å²) in [5.74, 6) is 1.33. The summed E-state index contributed by atoms with van der Waals surface area (Å²) >= 11 is 0. The monoisotopic (exact) mass is 368 g/mol. The van der Waals surface area contributed by atoms with Gasteiger partial charge in [0.05, 0.1) is 6.54 Å². The van der Waals surface area contributed by atoms with Crippen LogP contribution in [0.15, 0.2) is 42.5 Å². The molecule has 0 radical (unpaired) electrons. The van der Waals surface area contributed by atoms with Crippen molar-refractivity contribution in [1.82, 2.24) is 4.90 Å². The molecule has 0 spiro atoms. The Balaban J connectivity index is 1.43. The van der Waals surface area contributed by atoms with E-state index in [1.165, 1.54) is 5.56 Å². The molecule has 2 aromatic carbocycles. The number of likely N-dealkylation sites (N-methyl/N-ethyl adjacent to an activating group) is 1. The first-order chi connectivity index (χ1) is 13.0. The molecule has 142 valence electrons. The summed E-state index contributed by atoms with van der Waals surface area (Å²) in [6, 6.07) is 13.3. The highest BCUT2D eigenvalue weighted by molar-refractivity contribution is 5.94. The summed E-state index contributed by atoms with van der Waals surface area (Å²) < 4.78 is 11.3. The third-order valence-corrected chi connectivity index (χ3v) is 4.48. The lowest BCUT2D eigenvalue weighted by Crippen LogP contribution is -2.34. The molecule has 0 atom stereocenters. The van der Waals surface area contributed by atoms with E-state index >= 15 is 0 Å². The molecule has 6 nitrogen and oxygen atoms in total. The van der Waals surface area contributed by atoms with Crippen LogP contribution in [0, 0.1) is 6.92 Å². The van der Waals surface area contributed by atoms with Crippen molar-refractivity contribution >= 4 is 17.5 Å². The van der Waals surface area contributed by atoms with Crippen LogP contribution in [0.4, 0.5) is 5.69 Å². The van der Waals surface area contributed by atoms with E-state index in [-0.39, 0.29) is 18.4 Å². The van der Waals surface area contributed by atoms with Gasteiger partial charge in [-0.25, -0.2) is 0 Å². The number of hydrogen-bond donors (Lipinski definition) is 1. The third-order valence-electron chi connectivity index (χ3n) is 4.48. The quantitative estimate of drug-likeness (QED) is 0.816. The Bertz CT molecular complexity index is 817. The molecule has 1 aliphatic rings. The summed E-state index contributed by atoms with van der Waals surface area (Å²) in [4.78, 5) is 25.2. The van der Waals surface area contributed by atoms with Crippen molar-refractivity contribution in [1.29, 1.82) is 0 Å². The second-order valence-corrected chi connectivity index (χ2v) is 6.63. The molecule has 1 N–H and O–H groups in total. The van der Waals surface area contributed by atoms with Gasteiger partial charge < -0.3 is 19.7 Å². The van der Waals surface area contributed by atoms with Gasteiger partial charge in [0.2, 0.25) is 5.91 Å². The van der Waals surface area contributed by atoms with Crippen molar-refractivity contribution in [3.63, 3.8) is 0 Å². The van der Waals surface area contributed by atoms with Gasteiger partial charge in [-0.1, -0.05) is 17.7 Å². The van der Waals surface area contributed by atoms with Gasteiger partial charge in [-0.3, -0.25) is 9.59 Å². The van der Waals surface area contributed by atoms with E-state index in [0.29, 0.717) is 31.7 Å². The van der Waals surface area contributed by atoms with Crippen molar-refractivity contribution < 1.29 is 19.1 Å². The van der Waals surface area contributed by atoms with Crippen LogP contribution in [-0.4, -0.2) is 43.5 Å². The molecule has 6 heteroatoms. The first kappa shape index (κ1) is 18.8. The molecular formula is C21H24N2O4. The molecule has 0 saturated heterocycles. The number of nitrogens with zero attached hydrogens (tertiary/aromatic N) is 1. The minimum Gasteiger partial charge on any atom is -0.492 e. The standard InChI is InChI=1S/C21H24N2O4/c1-15-3-6-17(7-4-15)26-12-11-23(2)21(25)14-27-18-8-9-19-16(13-18)5-10-20(24)22-19/h3-4,6-9,13H,5,10-12,14H2,1-2H3,(H,22,24). The number of fused-ring (bicyclic) bond motifs is 1. The van der Waals surface area contributed by atoms with Crippen molar-refractivity contribution in [2.24, 2.45) is 0 Å². The van der Waals surface area contributed by atoms with Crippen LogP contribution in [-0.2, 0) is 16.0 Å². The van der Waals surface area contributed by atoms with Gasteiger partial charge in [0, 0.05) is 19.2 Å². The average molecular weight is 368 g/mol. The molecule has 0 bridgehead atoms. The predicted molar refractivity (Wildman–Crippen MR) is 103 cm³/mol. The summed E-state index contributed by atoms with van der Waals surface area (Å²) in [7, 11) is 1.73. The molecule has 1 heterocycles. The van der Waals surface area contributed by atoms with Gasteiger partial charge in [0.15, 0.2) is 6.61 Å². The Labute approximate surface area is 159 Å². The van der Waals surface area contributed by atoms with E-state index in [2.05, 4.69) is 5.32 Å².